The molecular weight excluding hydrogens is 282 g/mol. The van der Waals surface area contributed by atoms with Crippen molar-refractivity contribution in [1.82, 2.24) is 0 Å². The van der Waals surface area contributed by atoms with Crippen LogP contribution in [0.5, 0.6) is 0 Å². The van der Waals surface area contributed by atoms with Crippen LogP contribution in [0.15, 0.2) is 28.3 Å². The summed E-state index contributed by atoms with van der Waals surface area (Å²) in [4.78, 5) is 3.41. The molecule has 0 atom stereocenters. The van der Waals surface area contributed by atoms with E-state index in [1.165, 1.54) is 19.3 Å². The van der Waals surface area contributed by atoms with Gasteiger partial charge in [0.1, 0.15) is 0 Å². The zero-order chi connectivity index (χ0) is 15.5. The van der Waals surface area contributed by atoms with Crippen molar-refractivity contribution in [2.75, 3.05) is 24.2 Å². The Labute approximate surface area is 131 Å². The Morgan fingerprint density at radius 2 is 2.10 bits per heavy atom. The van der Waals surface area contributed by atoms with E-state index in [9.17, 15) is 0 Å². The molecule has 1 aliphatic rings. The van der Waals surface area contributed by atoms with Crippen LogP contribution in [0.2, 0.25) is 0 Å². The van der Waals surface area contributed by atoms with Crippen LogP contribution in [0.1, 0.15) is 38.7 Å². The minimum absolute atomic E-state index is 0.193. The topological polar surface area (TPSA) is 61.8 Å². The molecule has 0 amide bonds. The molecule has 3 N–H and O–H groups in total. The fourth-order valence-electron chi connectivity index (χ4n) is 2.90. The first-order chi connectivity index (χ1) is 10.0. The van der Waals surface area contributed by atoms with Crippen molar-refractivity contribution in [3.05, 3.63) is 23.8 Å². The lowest BCUT2D eigenvalue weighted by Crippen LogP contribution is -2.39. The summed E-state index contributed by atoms with van der Waals surface area (Å²) in [6, 6.07) is 6.13. The Morgan fingerprint density at radius 1 is 1.43 bits per heavy atom. The lowest BCUT2D eigenvalue weighted by molar-refractivity contribution is 0.238. The fourth-order valence-corrected chi connectivity index (χ4v) is 3.53. The van der Waals surface area contributed by atoms with Gasteiger partial charge in [-0.15, -0.1) is 11.8 Å². The Bertz CT molecular complexity index is 522. The van der Waals surface area contributed by atoms with Gasteiger partial charge < -0.3 is 15.8 Å². The third-order valence-electron chi connectivity index (χ3n) is 4.75. The highest BCUT2D eigenvalue weighted by Crippen LogP contribution is 2.38. The lowest BCUT2D eigenvalue weighted by Gasteiger charge is -2.40. The molecule has 1 aromatic rings. The van der Waals surface area contributed by atoms with E-state index in [0.29, 0.717) is 5.41 Å². The number of hydrogen-bond donors (Lipinski definition) is 2. The number of amidine groups is 1. The number of piperidine rings is 1. The molecule has 1 aliphatic heterocycles. The molecule has 1 aromatic carbocycles. The SMILES string of the molecule is CCC1(C)CCN(c2cccc(SC)c2/C(N)=N/O)CC1. The minimum atomic E-state index is 0.193. The van der Waals surface area contributed by atoms with E-state index in [4.69, 9.17) is 10.9 Å². The van der Waals surface area contributed by atoms with Crippen LogP contribution in [0.3, 0.4) is 0 Å². The van der Waals surface area contributed by atoms with Gasteiger partial charge in [0.2, 0.25) is 0 Å². The van der Waals surface area contributed by atoms with Crippen molar-refractivity contribution in [3.63, 3.8) is 0 Å². The molecule has 0 spiro atoms. The van der Waals surface area contributed by atoms with Crippen molar-refractivity contribution in [2.24, 2.45) is 16.3 Å². The number of nitrogens with two attached hydrogens (primary N) is 1. The van der Waals surface area contributed by atoms with E-state index in [1.54, 1.807) is 11.8 Å². The average molecular weight is 307 g/mol. The van der Waals surface area contributed by atoms with Crippen LogP contribution >= 0.6 is 11.8 Å². The number of anilines is 1. The molecule has 1 fully saturated rings. The van der Waals surface area contributed by atoms with Crippen molar-refractivity contribution in [2.45, 2.75) is 38.0 Å². The molecule has 2 rings (SSSR count). The molecule has 21 heavy (non-hydrogen) atoms. The van der Waals surface area contributed by atoms with Crippen molar-refractivity contribution in [1.29, 1.82) is 0 Å². The number of benzene rings is 1. The molecule has 116 valence electrons. The minimum Gasteiger partial charge on any atom is -0.409 e. The summed E-state index contributed by atoms with van der Waals surface area (Å²) in [5, 5.41) is 12.3. The van der Waals surface area contributed by atoms with Gasteiger partial charge in [-0.25, -0.2) is 0 Å². The largest absolute Gasteiger partial charge is 0.409 e. The van der Waals surface area contributed by atoms with E-state index in [0.717, 1.165) is 29.2 Å². The molecular formula is C16H25N3OS. The molecule has 5 heteroatoms. The van der Waals surface area contributed by atoms with E-state index < -0.39 is 0 Å². The van der Waals surface area contributed by atoms with E-state index in [1.807, 2.05) is 18.4 Å². The molecule has 0 aromatic heterocycles. The van der Waals surface area contributed by atoms with Crippen LogP contribution < -0.4 is 10.6 Å². The fraction of sp³-hybridized carbons (Fsp3) is 0.562. The maximum absolute atomic E-state index is 9.09. The second-order valence-corrected chi connectivity index (χ2v) is 6.84. The van der Waals surface area contributed by atoms with Crippen molar-refractivity contribution >= 4 is 23.3 Å². The predicted octanol–water partition coefficient (Wildman–Crippen LogP) is 3.52. The zero-order valence-corrected chi connectivity index (χ0v) is 13.9. The summed E-state index contributed by atoms with van der Waals surface area (Å²) < 4.78 is 0. The highest BCUT2D eigenvalue weighted by Gasteiger charge is 2.29. The second-order valence-electron chi connectivity index (χ2n) is 5.99. The standard InChI is InChI=1S/C16H25N3OS/c1-4-16(2)8-10-19(11-9-16)12-6-5-7-13(21-3)14(12)15(17)18-20/h5-7,20H,4,8-11H2,1-3H3,(H2,17,18). The van der Waals surface area contributed by atoms with E-state index in [2.05, 4.69) is 30.0 Å². The highest BCUT2D eigenvalue weighted by molar-refractivity contribution is 7.98. The van der Waals surface area contributed by atoms with Gasteiger partial charge in [-0.2, -0.15) is 0 Å². The summed E-state index contributed by atoms with van der Waals surface area (Å²) >= 11 is 1.62. The molecule has 4 nitrogen and oxygen atoms in total. The molecule has 1 heterocycles. The van der Waals surface area contributed by atoms with E-state index in [-0.39, 0.29) is 5.84 Å². The second kappa shape index (κ2) is 6.60. The van der Waals surface area contributed by atoms with Crippen molar-refractivity contribution in [3.8, 4) is 0 Å². The summed E-state index contributed by atoms with van der Waals surface area (Å²) in [7, 11) is 0. The third kappa shape index (κ3) is 3.28. The van der Waals surface area contributed by atoms with Crippen LogP contribution in [0, 0.1) is 5.41 Å². The number of hydrogen-bond acceptors (Lipinski definition) is 4. The normalized spacial score (nSPS) is 18.8. The average Bonchev–Trinajstić information content (AvgIpc) is 2.54. The van der Waals surface area contributed by atoms with Gasteiger partial charge in [0.25, 0.3) is 0 Å². The predicted molar refractivity (Wildman–Crippen MR) is 90.6 cm³/mol. The van der Waals surface area contributed by atoms with Crippen LogP contribution in [-0.4, -0.2) is 30.4 Å². The monoisotopic (exact) mass is 307 g/mol. The quantitative estimate of drug-likeness (QED) is 0.294. The van der Waals surface area contributed by atoms with Crippen molar-refractivity contribution < 1.29 is 5.21 Å². The molecule has 0 saturated carbocycles. The molecule has 0 bridgehead atoms. The first kappa shape index (κ1) is 16.0. The van der Waals surface area contributed by atoms with Crippen LogP contribution in [-0.2, 0) is 0 Å². The Balaban J connectivity index is 2.33. The highest BCUT2D eigenvalue weighted by atomic mass is 32.2. The zero-order valence-electron chi connectivity index (χ0n) is 13.1. The number of thioether (sulfide) groups is 1. The van der Waals surface area contributed by atoms with Crippen LogP contribution in [0.25, 0.3) is 0 Å². The van der Waals surface area contributed by atoms with Gasteiger partial charge >= 0.3 is 0 Å². The van der Waals surface area contributed by atoms with Gasteiger partial charge in [0, 0.05) is 23.7 Å². The number of nitrogens with zero attached hydrogens (tertiary/aromatic N) is 2. The summed E-state index contributed by atoms with van der Waals surface area (Å²) in [6.45, 7) is 6.68. The summed E-state index contributed by atoms with van der Waals surface area (Å²) in [5.41, 5.74) is 8.30. The lowest BCUT2D eigenvalue weighted by atomic mass is 9.78. The molecule has 0 aliphatic carbocycles. The van der Waals surface area contributed by atoms with Gasteiger partial charge in [0.15, 0.2) is 5.84 Å². The van der Waals surface area contributed by atoms with Gasteiger partial charge in [-0.1, -0.05) is 31.5 Å². The van der Waals surface area contributed by atoms with Gasteiger partial charge in [-0.3, -0.25) is 0 Å². The molecule has 0 unspecified atom stereocenters. The summed E-state index contributed by atoms with van der Waals surface area (Å²) in [6.07, 6.45) is 5.60. The molecule has 0 radical (unpaired) electrons. The van der Waals surface area contributed by atoms with Gasteiger partial charge in [0.05, 0.1) is 5.56 Å². The Morgan fingerprint density at radius 3 is 2.62 bits per heavy atom. The maximum Gasteiger partial charge on any atom is 0.173 e. The van der Waals surface area contributed by atoms with Gasteiger partial charge in [-0.05, 0) is 36.6 Å². The van der Waals surface area contributed by atoms with E-state index >= 15 is 0 Å². The summed E-state index contributed by atoms with van der Waals surface area (Å²) in [5.74, 6) is 0.193. The smallest absolute Gasteiger partial charge is 0.173 e. The van der Waals surface area contributed by atoms with Crippen LogP contribution in [0.4, 0.5) is 5.69 Å². The number of rotatable bonds is 4. The molecule has 1 saturated heterocycles. The Hall–Kier alpha value is -1.36. The first-order valence-electron chi connectivity index (χ1n) is 7.44. The third-order valence-corrected chi connectivity index (χ3v) is 5.53. The first-order valence-corrected chi connectivity index (χ1v) is 8.67. The Kier molecular flexibility index (Phi) is 5.04. The number of oxime groups is 1. The maximum atomic E-state index is 9.09.